The van der Waals surface area contributed by atoms with Gasteiger partial charge in [0.2, 0.25) is 5.95 Å². The normalized spacial score (nSPS) is 16.9. The summed E-state index contributed by atoms with van der Waals surface area (Å²) >= 11 is 0. The van der Waals surface area contributed by atoms with Crippen molar-refractivity contribution in [2.75, 3.05) is 23.8 Å². The summed E-state index contributed by atoms with van der Waals surface area (Å²) in [5, 5.41) is 34.7. The van der Waals surface area contributed by atoms with E-state index in [0.29, 0.717) is 29.1 Å². The van der Waals surface area contributed by atoms with E-state index in [1.807, 2.05) is 19.1 Å². The van der Waals surface area contributed by atoms with E-state index in [9.17, 15) is 19.1 Å². The Kier molecular flexibility index (Phi) is 5.44. The highest BCUT2D eigenvalue weighted by Crippen LogP contribution is 2.41. The number of aromatic nitrogens is 2. The largest absolute Gasteiger partial charge is 0.395 e. The average molecular weight is 446 g/mol. The zero-order valence-electron chi connectivity index (χ0n) is 17.9. The number of halogens is 2. The maximum absolute atomic E-state index is 14.1. The molecule has 1 atom stereocenters. The first-order chi connectivity index (χ1) is 15.7. The van der Waals surface area contributed by atoms with Gasteiger partial charge in [-0.25, -0.2) is 18.7 Å². The molecule has 0 saturated carbocycles. The molecule has 1 aromatic heterocycles. The predicted octanol–water partition coefficient (Wildman–Crippen LogP) is 4.42. The highest BCUT2D eigenvalue weighted by Gasteiger charge is 2.36. The molecule has 9 heteroatoms. The molecule has 0 aliphatic carbocycles. The predicted molar refractivity (Wildman–Crippen MR) is 119 cm³/mol. The lowest BCUT2D eigenvalue weighted by atomic mass is 9.83. The second-order valence-corrected chi connectivity index (χ2v) is 8.28. The van der Waals surface area contributed by atoms with Crippen molar-refractivity contribution < 1.29 is 13.9 Å². The van der Waals surface area contributed by atoms with Crippen molar-refractivity contribution in [3.05, 3.63) is 64.8 Å². The number of rotatable bonds is 5. The summed E-state index contributed by atoms with van der Waals surface area (Å²) in [6.07, 6.45) is 1.48. The van der Waals surface area contributed by atoms with Crippen LogP contribution in [0.5, 0.6) is 0 Å². The third-order valence-corrected chi connectivity index (χ3v) is 5.73. The molecule has 0 unspecified atom stereocenters. The van der Waals surface area contributed by atoms with Crippen LogP contribution in [-0.4, -0.2) is 28.2 Å². The molecular formula is C24H20F2N6O. The number of aliphatic hydroxyl groups excluding tert-OH is 1. The van der Waals surface area contributed by atoms with E-state index in [4.69, 9.17) is 5.26 Å². The Morgan fingerprint density at radius 2 is 2.00 bits per heavy atom. The first-order valence-corrected chi connectivity index (χ1v) is 10.1. The van der Waals surface area contributed by atoms with Gasteiger partial charge in [-0.3, -0.25) is 0 Å². The van der Waals surface area contributed by atoms with Gasteiger partial charge in [0, 0.05) is 36.2 Å². The number of nitrogens with zero attached hydrogens (tertiary/aromatic N) is 4. The van der Waals surface area contributed by atoms with Crippen LogP contribution in [0, 0.1) is 22.7 Å². The van der Waals surface area contributed by atoms with Gasteiger partial charge in [0.25, 0.3) is 5.92 Å². The quantitative estimate of drug-likeness (QED) is 0.531. The molecular weight excluding hydrogens is 426 g/mol. The van der Waals surface area contributed by atoms with Gasteiger partial charge in [0.15, 0.2) is 0 Å². The monoisotopic (exact) mass is 446 g/mol. The molecule has 0 bridgehead atoms. The SMILES string of the molecule is CC(F)(F)c1ccc(C#N)cc1Nc1nccc(-c2cc(C#N)c3c(c2)[C@@](C)(CO)CN3)n1. The van der Waals surface area contributed by atoms with E-state index >= 15 is 0 Å². The topological polar surface area (TPSA) is 118 Å². The molecule has 0 radical (unpaired) electrons. The van der Waals surface area contributed by atoms with Crippen molar-refractivity contribution in [1.82, 2.24) is 9.97 Å². The van der Waals surface area contributed by atoms with Crippen LogP contribution in [0.3, 0.4) is 0 Å². The summed E-state index contributed by atoms with van der Waals surface area (Å²) in [5.41, 5.74) is 2.43. The van der Waals surface area contributed by atoms with E-state index in [1.165, 1.54) is 24.4 Å². The van der Waals surface area contributed by atoms with Crippen LogP contribution >= 0.6 is 0 Å². The minimum absolute atomic E-state index is 0.0300. The number of aliphatic hydroxyl groups is 1. The molecule has 0 saturated heterocycles. The van der Waals surface area contributed by atoms with Crippen LogP contribution in [-0.2, 0) is 11.3 Å². The molecule has 0 amide bonds. The van der Waals surface area contributed by atoms with Crippen LogP contribution in [0.1, 0.15) is 36.1 Å². The van der Waals surface area contributed by atoms with Crippen LogP contribution in [0.25, 0.3) is 11.3 Å². The van der Waals surface area contributed by atoms with Crippen LogP contribution < -0.4 is 10.6 Å². The first kappa shape index (κ1) is 22.1. The van der Waals surface area contributed by atoms with Crippen molar-refractivity contribution in [3.8, 4) is 23.4 Å². The molecule has 4 rings (SSSR count). The van der Waals surface area contributed by atoms with Crippen molar-refractivity contribution in [1.29, 1.82) is 10.5 Å². The molecule has 3 N–H and O–H groups in total. The molecule has 2 heterocycles. The maximum atomic E-state index is 14.1. The van der Waals surface area contributed by atoms with Gasteiger partial charge >= 0.3 is 0 Å². The Balaban J connectivity index is 1.77. The molecule has 0 spiro atoms. The maximum Gasteiger partial charge on any atom is 0.272 e. The van der Waals surface area contributed by atoms with Gasteiger partial charge < -0.3 is 15.7 Å². The van der Waals surface area contributed by atoms with Crippen LogP contribution in [0.4, 0.5) is 26.1 Å². The van der Waals surface area contributed by atoms with Crippen molar-refractivity contribution >= 4 is 17.3 Å². The smallest absolute Gasteiger partial charge is 0.272 e. The summed E-state index contributed by atoms with van der Waals surface area (Å²) in [5.74, 6) is -3.08. The molecule has 7 nitrogen and oxygen atoms in total. The lowest BCUT2D eigenvalue weighted by Gasteiger charge is -2.21. The second-order valence-electron chi connectivity index (χ2n) is 8.28. The average Bonchev–Trinajstić information content (AvgIpc) is 3.15. The fraction of sp³-hybridized carbons (Fsp3) is 0.250. The highest BCUT2D eigenvalue weighted by atomic mass is 19.3. The van der Waals surface area contributed by atoms with Gasteiger partial charge in [-0.15, -0.1) is 0 Å². The van der Waals surface area contributed by atoms with Crippen molar-refractivity contribution in [2.45, 2.75) is 25.2 Å². The number of fused-ring (bicyclic) bond motifs is 1. The Hall–Kier alpha value is -4.08. The number of alkyl halides is 2. The highest BCUT2D eigenvalue weighted by molar-refractivity contribution is 5.76. The Morgan fingerprint density at radius 3 is 2.67 bits per heavy atom. The minimum Gasteiger partial charge on any atom is -0.395 e. The van der Waals surface area contributed by atoms with E-state index in [2.05, 4.69) is 26.7 Å². The van der Waals surface area contributed by atoms with Gasteiger partial charge in [0.05, 0.1) is 40.9 Å². The molecule has 1 aliphatic rings. The van der Waals surface area contributed by atoms with Crippen LogP contribution in [0.15, 0.2) is 42.6 Å². The van der Waals surface area contributed by atoms with Crippen LogP contribution in [0.2, 0.25) is 0 Å². The molecule has 33 heavy (non-hydrogen) atoms. The number of hydrogen-bond acceptors (Lipinski definition) is 7. The Labute approximate surface area is 189 Å². The van der Waals surface area contributed by atoms with Gasteiger partial charge in [0.1, 0.15) is 6.07 Å². The Morgan fingerprint density at radius 1 is 1.21 bits per heavy atom. The molecule has 166 valence electrons. The van der Waals surface area contributed by atoms with Gasteiger partial charge in [-0.2, -0.15) is 10.5 Å². The van der Waals surface area contributed by atoms with Gasteiger partial charge in [-0.1, -0.05) is 6.92 Å². The lowest BCUT2D eigenvalue weighted by Crippen LogP contribution is -2.28. The minimum atomic E-state index is -3.14. The number of hydrogen-bond donors (Lipinski definition) is 3. The summed E-state index contributed by atoms with van der Waals surface area (Å²) in [6, 6.07) is 13.2. The Bertz CT molecular complexity index is 1320. The summed E-state index contributed by atoms with van der Waals surface area (Å²) in [4.78, 5) is 8.58. The summed E-state index contributed by atoms with van der Waals surface area (Å²) < 4.78 is 28.2. The van der Waals surface area contributed by atoms with E-state index in [1.54, 1.807) is 12.1 Å². The third-order valence-electron chi connectivity index (χ3n) is 5.73. The number of anilines is 3. The fourth-order valence-electron chi connectivity index (χ4n) is 3.86. The number of nitriles is 2. The van der Waals surface area contributed by atoms with Gasteiger partial charge in [-0.05, 0) is 42.0 Å². The number of nitrogens with one attached hydrogen (secondary N) is 2. The summed E-state index contributed by atoms with van der Waals surface area (Å²) in [6.45, 7) is 3.08. The first-order valence-electron chi connectivity index (χ1n) is 10.1. The summed E-state index contributed by atoms with van der Waals surface area (Å²) in [7, 11) is 0. The molecule has 2 aromatic carbocycles. The fourth-order valence-corrected chi connectivity index (χ4v) is 3.86. The van der Waals surface area contributed by atoms with E-state index in [0.717, 1.165) is 12.5 Å². The zero-order chi connectivity index (χ0) is 23.8. The van der Waals surface area contributed by atoms with E-state index in [-0.39, 0.29) is 29.4 Å². The standard InChI is InChI=1S/C24H20F2N6O/c1-23(13-33)12-30-21-16(11-28)8-15(9-18(21)23)19-5-6-29-22(31-19)32-20-7-14(10-27)3-4-17(20)24(2,25)26/h3-9,30,33H,12-13H2,1-2H3,(H,29,31,32)/t23-/m1/s1. The lowest BCUT2D eigenvalue weighted by molar-refractivity contribution is 0.0182. The second kappa shape index (κ2) is 8.12. The molecule has 0 fully saturated rings. The van der Waals surface area contributed by atoms with Crippen molar-refractivity contribution in [2.24, 2.45) is 0 Å². The van der Waals surface area contributed by atoms with Crippen molar-refractivity contribution in [3.63, 3.8) is 0 Å². The molecule has 3 aromatic rings. The zero-order valence-corrected chi connectivity index (χ0v) is 17.9. The number of benzene rings is 2. The molecule has 1 aliphatic heterocycles. The van der Waals surface area contributed by atoms with E-state index < -0.39 is 11.3 Å². The third kappa shape index (κ3) is 4.07.